The minimum Gasteiger partial charge on any atom is -0.472 e. The van der Waals surface area contributed by atoms with Crippen LogP contribution in [0.15, 0.2) is 35.4 Å². The van der Waals surface area contributed by atoms with Crippen LogP contribution in [0.5, 0.6) is 5.88 Å². The quantitative estimate of drug-likeness (QED) is 0.659. The molecule has 0 atom stereocenters. The summed E-state index contributed by atoms with van der Waals surface area (Å²) in [5.41, 5.74) is -4.11. The number of aromatic nitrogens is 2. The molecule has 2 rings (SSSR count). The summed E-state index contributed by atoms with van der Waals surface area (Å²) in [4.78, 5) is 0.00954. The molecule has 0 saturated heterocycles. The number of hydrogen-bond acceptors (Lipinski definition) is 4. The fraction of sp³-hybridized carbons (Fsp3) is 0.182. The van der Waals surface area contributed by atoms with Gasteiger partial charge >= 0.3 is 5.51 Å². The van der Waals surface area contributed by atoms with Crippen LogP contribution < -0.4 is 4.74 Å². The predicted octanol–water partition coefficient (Wildman–Crippen LogP) is 4.42. The van der Waals surface area contributed by atoms with Gasteiger partial charge in [-0.2, -0.15) is 13.2 Å². The van der Waals surface area contributed by atoms with E-state index in [1.807, 2.05) is 0 Å². The SMILES string of the molecule is FC(F)(F)Sc1cccc(Cl)c1COc1ccn(S)n1. The molecule has 0 spiro atoms. The Kier molecular flexibility index (Phi) is 4.77. The molecule has 1 aromatic carbocycles. The van der Waals surface area contributed by atoms with Crippen LogP contribution in [0.1, 0.15) is 5.56 Å². The van der Waals surface area contributed by atoms with Crippen molar-refractivity contribution in [1.82, 2.24) is 9.19 Å². The molecule has 0 N–H and O–H groups in total. The third-order valence-electron chi connectivity index (χ3n) is 2.22. The Hall–Kier alpha value is -0.990. The topological polar surface area (TPSA) is 27.1 Å². The molecular weight excluding hydrogens is 333 g/mol. The molecule has 20 heavy (non-hydrogen) atoms. The summed E-state index contributed by atoms with van der Waals surface area (Å²) in [5, 5.41) is 4.06. The Morgan fingerprint density at radius 2 is 2.10 bits per heavy atom. The van der Waals surface area contributed by atoms with Crippen LogP contribution in [0.3, 0.4) is 0 Å². The molecule has 0 aliphatic carbocycles. The lowest BCUT2D eigenvalue weighted by molar-refractivity contribution is -0.0328. The van der Waals surface area contributed by atoms with Gasteiger partial charge in [0, 0.05) is 27.7 Å². The highest BCUT2D eigenvalue weighted by molar-refractivity contribution is 8.00. The molecule has 0 aliphatic heterocycles. The highest BCUT2D eigenvalue weighted by Crippen LogP contribution is 2.40. The van der Waals surface area contributed by atoms with E-state index in [1.54, 1.807) is 6.07 Å². The number of nitrogens with zero attached hydrogens (tertiary/aromatic N) is 2. The molecule has 0 unspecified atom stereocenters. The lowest BCUT2D eigenvalue weighted by atomic mass is 10.2. The summed E-state index contributed by atoms with van der Waals surface area (Å²) in [6.07, 6.45) is 1.54. The minimum atomic E-state index is -4.38. The molecule has 2 aromatic rings. The van der Waals surface area contributed by atoms with Crippen LogP contribution in [0.2, 0.25) is 5.02 Å². The number of hydrogen-bond donors (Lipinski definition) is 1. The van der Waals surface area contributed by atoms with E-state index in [0.717, 1.165) is 0 Å². The number of rotatable bonds is 4. The first-order chi connectivity index (χ1) is 9.35. The number of thioether (sulfide) groups is 1. The molecular formula is C11H8ClF3N2OS2. The van der Waals surface area contributed by atoms with Crippen LogP contribution in [-0.2, 0) is 6.61 Å². The van der Waals surface area contributed by atoms with Gasteiger partial charge in [-0.3, -0.25) is 0 Å². The van der Waals surface area contributed by atoms with Gasteiger partial charge in [-0.1, -0.05) is 17.7 Å². The smallest absolute Gasteiger partial charge is 0.446 e. The fourth-order valence-corrected chi connectivity index (χ4v) is 2.55. The standard InChI is InChI=1S/C11H8ClF3N2OS2/c12-8-2-1-3-9(20-11(13,14)15)7(8)6-18-10-4-5-17(19)16-10/h1-5,19H,6H2. The van der Waals surface area contributed by atoms with E-state index in [9.17, 15) is 13.2 Å². The lowest BCUT2D eigenvalue weighted by Crippen LogP contribution is -2.04. The van der Waals surface area contributed by atoms with Crippen LogP contribution in [-0.4, -0.2) is 14.7 Å². The van der Waals surface area contributed by atoms with Crippen molar-refractivity contribution in [3.05, 3.63) is 41.0 Å². The van der Waals surface area contributed by atoms with Crippen molar-refractivity contribution in [3.8, 4) is 5.88 Å². The van der Waals surface area contributed by atoms with E-state index in [0.29, 0.717) is 0 Å². The Labute approximate surface area is 127 Å². The van der Waals surface area contributed by atoms with Crippen molar-refractivity contribution in [2.45, 2.75) is 17.0 Å². The molecule has 0 fully saturated rings. The first kappa shape index (κ1) is 15.4. The zero-order chi connectivity index (χ0) is 14.8. The molecule has 3 nitrogen and oxygen atoms in total. The van der Waals surface area contributed by atoms with Crippen LogP contribution >= 0.6 is 36.2 Å². The Bertz CT molecular complexity index is 604. The van der Waals surface area contributed by atoms with E-state index in [4.69, 9.17) is 16.3 Å². The number of halogens is 4. The maximum absolute atomic E-state index is 12.5. The normalized spacial score (nSPS) is 11.7. The van der Waals surface area contributed by atoms with Crippen molar-refractivity contribution < 1.29 is 17.9 Å². The van der Waals surface area contributed by atoms with Crippen molar-refractivity contribution in [1.29, 1.82) is 0 Å². The van der Waals surface area contributed by atoms with Gasteiger partial charge in [0.1, 0.15) is 6.61 Å². The molecule has 0 bridgehead atoms. The first-order valence-corrected chi connectivity index (χ1v) is 6.85. The van der Waals surface area contributed by atoms with Crippen molar-refractivity contribution >= 4 is 36.2 Å². The molecule has 1 heterocycles. The number of ether oxygens (including phenoxy) is 1. The molecule has 108 valence electrons. The first-order valence-electron chi connectivity index (χ1n) is 5.26. The van der Waals surface area contributed by atoms with Crippen LogP contribution in [0.4, 0.5) is 13.2 Å². The largest absolute Gasteiger partial charge is 0.472 e. The highest BCUT2D eigenvalue weighted by Gasteiger charge is 2.30. The summed E-state index contributed by atoms with van der Waals surface area (Å²) in [5.74, 6) is 0.253. The van der Waals surface area contributed by atoms with Gasteiger partial charge < -0.3 is 4.74 Å². The molecule has 0 saturated carbocycles. The second-order valence-electron chi connectivity index (χ2n) is 3.63. The van der Waals surface area contributed by atoms with Gasteiger partial charge in [0.15, 0.2) is 0 Å². The fourth-order valence-electron chi connectivity index (χ4n) is 1.42. The number of alkyl halides is 3. The van der Waals surface area contributed by atoms with Gasteiger partial charge in [-0.25, -0.2) is 4.09 Å². The molecule has 1 aromatic heterocycles. The number of benzene rings is 1. The third-order valence-corrected chi connectivity index (χ3v) is 3.63. The van der Waals surface area contributed by atoms with Gasteiger partial charge in [0.2, 0.25) is 5.88 Å². The maximum Gasteiger partial charge on any atom is 0.446 e. The second-order valence-corrected chi connectivity index (χ2v) is 5.55. The van der Waals surface area contributed by atoms with Gasteiger partial charge in [-0.15, -0.1) is 5.10 Å². The Morgan fingerprint density at radius 3 is 2.70 bits per heavy atom. The molecule has 0 aliphatic rings. The van der Waals surface area contributed by atoms with Gasteiger partial charge in [0.25, 0.3) is 0 Å². The van der Waals surface area contributed by atoms with Crippen LogP contribution in [0, 0.1) is 0 Å². The summed E-state index contributed by atoms with van der Waals surface area (Å²) in [6, 6.07) is 5.86. The van der Waals surface area contributed by atoms with E-state index in [2.05, 4.69) is 17.9 Å². The summed E-state index contributed by atoms with van der Waals surface area (Å²) < 4.78 is 44.0. The van der Waals surface area contributed by atoms with Crippen molar-refractivity contribution in [2.75, 3.05) is 0 Å². The third kappa shape index (κ3) is 4.26. The zero-order valence-electron chi connectivity index (χ0n) is 9.76. The minimum absolute atomic E-state index is 0.00954. The van der Waals surface area contributed by atoms with E-state index >= 15 is 0 Å². The summed E-state index contributed by atoms with van der Waals surface area (Å²) in [7, 11) is 0. The van der Waals surface area contributed by atoms with E-state index in [1.165, 1.54) is 28.5 Å². The monoisotopic (exact) mass is 340 g/mol. The zero-order valence-corrected chi connectivity index (χ0v) is 12.2. The average molecular weight is 341 g/mol. The molecule has 9 heteroatoms. The van der Waals surface area contributed by atoms with Crippen molar-refractivity contribution in [3.63, 3.8) is 0 Å². The van der Waals surface area contributed by atoms with Gasteiger partial charge in [0.05, 0.1) is 0 Å². The van der Waals surface area contributed by atoms with E-state index < -0.39 is 5.51 Å². The second kappa shape index (κ2) is 6.19. The Balaban J connectivity index is 2.17. The van der Waals surface area contributed by atoms with Crippen LogP contribution in [0.25, 0.3) is 0 Å². The Morgan fingerprint density at radius 1 is 1.35 bits per heavy atom. The average Bonchev–Trinajstić information content (AvgIpc) is 2.72. The predicted molar refractivity (Wildman–Crippen MR) is 74.3 cm³/mol. The summed E-state index contributed by atoms with van der Waals surface area (Å²) in [6.45, 7) is -0.108. The number of thiol groups is 1. The maximum atomic E-state index is 12.5. The molecule has 0 amide bonds. The molecule has 0 radical (unpaired) electrons. The van der Waals surface area contributed by atoms with Crippen molar-refractivity contribution in [2.24, 2.45) is 0 Å². The summed E-state index contributed by atoms with van der Waals surface area (Å²) >= 11 is 9.63. The lowest BCUT2D eigenvalue weighted by Gasteiger charge is -2.12. The highest BCUT2D eigenvalue weighted by atomic mass is 35.5. The van der Waals surface area contributed by atoms with Gasteiger partial charge in [-0.05, 0) is 36.7 Å². The van der Waals surface area contributed by atoms with E-state index in [-0.39, 0.29) is 39.7 Å².